The lowest BCUT2D eigenvalue weighted by Gasteiger charge is -2.19. The first-order valence-corrected chi connectivity index (χ1v) is 6.21. The van der Waals surface area contributed by atoms with Gasteiger partial charge in [-0.25, -0.2) is 0 Å². The fourth-order valence-corrected chi connectivity index (χ4v) is 2.07. The summed E-state index contributed by atoms with van der Waals surface area (Å²) in [5, 5.41) is 3.22. The number of aryl methyl sites for hydroxylation is 1. The van der Waals surface area contributed by atoms with Gasteiger partial charge in [0.2, 0.25) is 0 Å². The molecule has 2 rings (SSSR count). The highest BCUT2D eigenvalue weighted by Crippen LogP contribution is 2.18. The van der Waals surface area contributed by atoms with Crippen molar-refractivity contribution in [1.82, 2.24) is 5.32 Å². The van der Waals surface area contributed by atoms with Crippen LogP contribution in [0.15, 0.2) is 40.5 Å². The van der Waals surface area contributed by atoms with E-state index in [0.29, 0.717) is 13.0 Å². The van der Waals surface area contributed by atoms with Crippen molar-refractivity contribution in [3.8, 4) is 0 Å². The van der Waals surface area contributed by atoms with Crippen LogP contribution < -0.4 is 16.8 Å². The van der Waals surface area contributed by atoms with Crippen LogP contribution in [0.1, 0.15) is 12.0 Å². The summed E-state index contributed by atoms with van der Waals surface area (Å²) >= 11 is 0. The second kappa shape index (κ2) is 5.67. The van der Waals surface area contributed by atoms with Crippen LogP contribution in [-0.4, -0.2) is 24.7 Å². The topological polar surface area (TPSA) is 93.5 Å². The average molecular weight is 258 g/mol. The normalized spacial score (nSPS) is 20.4. The van der Waals surface area contributed by atoms with Crippen LogP contribution in [0.5, 0.6) is 0 Å². The van der Waals surface area contributed by atoms with Crippen molar-refractivity contribution < 1.29 is 4.79 Å². The minimum absolute atomic E-state index is 0.118. The summed E-state index contributed by atoms with van der Waals surface area (Å²) in [6.07, 6.45) is 0.666. The molecule has 0 saturated carbocycles. The molecule has 1 heterocycles. The van der Waals surface area contributed by atoms with Crippen molar-refractivity contribution in [3.63, 3.8) is 0 Å². The van der Waals surface area contributed by atoms with Crippen molar-refractivity contribution >= 4 is 17.3 Å². The minimum Gasteiger partial charge on any atom is -0.394 e. The standard InChI is InChI=1S/C14H18N4O/c1-9-3-2-4-10(7-9)18-12-8-17-6-5-11(12)13(15)14(16)19/h2-4,7,17H,5-6,8,15H2,1H3,(H2,16,19)/b13-11-,18-12?. The SMILES string of the molecule is Cc1cccc(N=C2CNCC/C2=C(/N)C(N)=O)c1. The van der Waals surface area contributed by atoms with Gasteiger partial charge in [0.25, 0.3) is 5.91 Å². The minimum atomic E-state index is -0.589. The molecule has 100 valence electrons. The maximum Gasteiger partial charge on any atom is 0.264 e. The van der Waals surface area contributed by atoms with E-state index in [1.54, 1.807) is 0 Å². The highest BCUT2D eigenvalue weighted by Gasteiger charge is 2.18. The summed E-state index contributed by atoms with van der Waals surface area (Å²) in [6, 6.07) is 7.87. The molecule has 1 aromatic carbocycles. The Kier molecular flexibility index (Phi) is 3.97. The summed E-state index contributed by atoms with van der Waals surface area (Å²) in [4.78, 5) is 15.8. The Morgan fingerprint density at radius 3 is 2.84 bits per heavy atom. The molecule has 0 atom stereocenters. The molecule has 5 N–H and O–H groups in total. The lowest BCUT2D eigenvalue weighted by Crippen LogP contribution is -2.35. The third-order valence-electron chi connectivity index (χ3n) is 3.05. The van der Waals surface area contributed by atoms with Crippen LogP contribution in [0.3, 0.4) is 0 Å². The average Bonchev–Trinajstić information content (AvgIpc) is 2.38. The first-order chi connectivity index (χ1) is 9.08. The van der Waals surface area contributed by atoms with Crippen LogP contribution in [0.25, 0.3) is 0 Å². The van der Waals surface area contributed by atoms with Gasteiger partial charge in [-0.15, -0.1) is 0 Å². The Hall–Kier alpha value is -2.14. The van der Waals surface area contributed by atoms with Crippen LogP contribution in [-0.2, 0) is 4.79 Å². The van der Waals surface area contributed by atoms with Gasteiger partial charge in [-0.3, -0.25) is 9.79 Å². The van der Waals surface area contributed by atoms with Gasteiger partial charge in [-0.1, -0.05) is 12.1 Å². The number of amides is 1. The number of hydrogen-bond donors (Lipinski definition) is 3. The largest absolute Gasteiger partial charge is 0.394 e. The molecular weight excluding hydrogens is 240 g/mol. The van der Waals surface area contributed by atoms with Crippen molar-refractivity contribution in [2.24, 2.45) is 16.5 Å². The Balaban J connectivity index is 2.40. The Morgan fingerprint density at radius 1 is 1.37 bits per heavy atom. The Labute approximate surface area is 112 Å². The molecule has 1 saturated heterocycles. The van der Waals surface area contributed by atoms with Crippen molar-refractivity contribution in [2.45, 2.75) is 13.3 Å². The predicted octanol–water partition coefficient (Wildman–Crippen LogP) is 0.759. The summed E-state index contributed by atoms with van der Waals surface area (Å²) in [5.41, 5.74) is 14.7. The summed E-state index contributed by atoms with van der Waals surface area (Å²) in [6.45, 7) is 3.38. The molecule has 5 nitrogen and oxygen atoms in total. The number of hydrogen-bond acceptors (Lipinski definition) is 4. The molecule has 1 amide bonds. The molecule has 0 unspecified atom stereocenters. The smallest absolute Gasteiger partial charge is 0.264 e. The van der Waals surface area contributed by atoms with Gasteiger partial charge < -0.3 is 16.8 Å². The number of benzene rings is 1. The third-order valence-corrected chi connectivity index (χ3v) is 3.05. The van der Waals surface area contributed by atoms with Crippen LogP contribution in [0.4, 0.5) is 5.69 Å². The zero-order chi connectivity index (χ0) is 13.8. The molecule has 1 aliphatic rings. The predicted molar refractivity (Wildman–Crippen MR) is 76.2 cm³/mol. The quantitative estimate of drug-likeness (QED) is 0.684. The zero-order valence-electron chi connectivity index (χ0n) is 10.9. The molecule has 1 aliphatic heterocycles. The van der Waals surface area contributed by atoms with E-state index in [-0.39, 0.29) is 5.70 Å². The van der Waals surface area contributed by atoms with Gasteiger partial charge in [-0.05, 0) is 37.6 Å². The Bertz CT molecular complexity index is 560. The number of carbonyl (C=O) groups is 1. The van der Waals surface area contributed by atoms with Gasteiger partial charge in [0.1, 0.15) is 5.70 Å². The molecule has 0 aliphatic carbocycles. The van der Waals surface area contributed by atoms with E-state index in [4.69, 9.17) is 11.5 Å². The molecule has 0 aromatic heterocycles. The molecule has 1 aromatic rings. The number of primary amides is 1. The second-order valence-corrected chi connectivity index (χ2v) is 4.58. The maximum absolute atomic E-state index is 11.2. The lowest BCUT2D eigenvalue weighted by atomic mass is 10.0. The van der Waals surface area contributed by atoms with Crippen molar-refractivity contribution in [1.29, 1.82) is 0 Å². The number of piperidine rings is 1. The Morgan fingerprint density at radius 2 is 2.16 bits per heavy atom. The van der Waals surface area contributed by atoms with Crippen molar-refractivity contribution in [3.05, 3.63) is 41.1 Å². The maximum atomic E-state index is 11.2. The fourth-order valence-electron chi connectivity index (χ4n) is 2.07. The van der Waals surface area contributed by atoms with E-state index < -0.39 is 5.91 Å². The number of aliphatic imine (C=N–C) groups is 1. The first-order valence-electron chi connectivity index (χ1n) is 6.21. The summed E-state index contributed by atoms with van der Waals surface area (Å²) < 4.78 is 0. The first kappa shape index (κ1) is 13.3. The summed E-state index contributed by atoms with van der Waals surface area (Å²) in [5.74, 6) is -0.589. The number of nitrogens with one attached hydrogen (secondary N) is 1. The van der Waals surface area contributed by atoms with E-state index in [1.807, 2.05) is 31.2 Å². The highest BCUT2D eigenvalue weighted by molar-refractivity contribution is 6.09. The van der Waals surface area contributed by atoms with Crippen LogP contribution in [0, 0.1) is 6.92 Å². The van der Waals surface area contributed by atoms with Crippen LogP contribution in [0.2, 0.25) is 0 Å². The van der Waals surface area contributed by atoms with E-state index in [0.717, 1.165) is 29.1 Å². The van der Waals surface area contributed by atoms with Gasteiger partial charge in [0.15, 0.2) is 0 Å². The molecule has 0 spiro atoms. The van der Waals surface area contributed by atoms with E-state index in [1.165, 1.54) is 0 Å². The van der Waals surface area contributed by atoms with Crippen molar-refractivity contribution in [2.75, 3.05) is 13.1 Å². The third kappa shape index (κ3) is 3.20. The number of carbonyl (C=O) groups excluding carboxylic acids is 1. The molecule has 5 heteroatoms. The van der Waals surface area contributed by atoms with Gasteiger partial charge in [0.05, 0.1) is 11.4 Å². The number of rotatable bonds is 2. The van der Waals surface area contributed by atoms with E-state index in [9.17, 15) is 4.79 Å². The molecular formula is C14H18N4O. The molecule has 0 radical (unpaired) electrons. The van der Waals surface area contributed by atoms with E-state index in [2.05, 4.69) is 10.3 Å². The monoisotopic (exact) mass is 258 g/mol. The lowest BCUT2D eigenvalue weighted by molar-refractivity contribution is -0.114. The molecule has 0 bridgehead atoms. The number of nitrogens with two attached hydrogens (primary N) is 2. The van der Waals surface area contributed by atoms with E-state index >= 15 is 0 Å². The summed E-state index contributed by atoms with van der Waals surface area (Å²) in [7, 11) is 0. The van der Waals surface area contributed by atoms with Gasteiger partial charge in [-0.2, -0.15) is 0 Å². The van der Waals surface area contributed by atoms with Crippen LogP contribution >= 0.6 is 0 Å². The zero-order valence-corrected chi connectivity index (χ0v) is 10.9. The highest BCUT2D eigenvalue weighted by atomic mass is 16.1. The fraction of sp³-hybridized carbons (Fsp3) is 0.286. The van der Waals surface area contributed by atoms with Gasteiger partial charge >= 0.3 is 0 Å². The van der Waals surface area contributed by atoms with Gasteiger partial charge in [0, 0.05) is 12.1 Å². The number of nitrogens with zero attached hydrogens (tertiary/aromatic N) is 1. The second-order valence-electron chi connectivity index (χ2n) is 4.58. The molecule has 1 fully saturated rings. The molecule has 19 heavy (non-hydrogen) atoms.